The third kappa shape index (κ3) is 3.68. The minimum Gasteiger partial charge on any atom is -0.346 e. The number of hydrogen-bond acceptors (Lipinski definition) is 3. The molecule has 0 atom stereocenters. The minimum atomic E-state index is -0.273. The van der Waals surface area contributed by atoms with Crippen LogP contribution in [-0.2, 0) is 6.54 Å². The van der Waals surface area contributed by atoms with E-state index >= 15 is 0 Å². The Balaban J connectivity index is 2.93. The molecule has 0 spiro atoms. The molecule has 0 aliphatic rings. The Bertz CT molecular complexity index is 477. The molecule has 0 aliphatic carbocycles. The molecule has 1 N–H and O–H groups in total. The summed E-state index contributed by atoms with van der Waals surface area (Å²) < 4.78 is 1.33. The van der Waals surface area contributed by atoms with Crippen molar-refractivity contribution in [1.82, 2.24) is 15.1 Å². The molecule has 0 unspecified atom stereocenters. The van der Waals surface area contributed by atoms with Crippen LogP contribution in [0.1, 0.15) is 51.0 Å². The van der Waals surface area contributed by atoms with E-state index in [0.29, 0.717) is 6.54 Å². The van der Waals surface area contributed by atoms with Crippen LogP contribution < -0.4 is 10.9 Å². The van der Waals surface area contributed by atoms with E-state index in [0.717, 1.165) is 12.8 Å². The van der Waals surface area contributed by atoms with Crippen LogP contribution in [0.4, 0.5) is 0 Å². The fraction of sp³-hybridized carbons (Fsp3) is 0.615. The molecular formula is C13H21N3O2. The Morgan fingerprint density at radius 1 is 1.39 bits per heavy atom. The second-order valence-electron chi connectivity index (χ2n) is 4.97. The van der Waals surface area contributed by atoms with Crippen molar-refractivity contribution in [2.75, 3.05) is 0 Å². The second kappa shape index (κ2) is 5.80. The molecular weight excluding hydrogens is 230 g/mol. The fourth-order valence-electron chi connectivity index (χ4n) is 1.40. The third-order valence-corrected chi connectivity index (χ3v) is 2.87. The molecule has 5 heteroatoms. The Kier molecular flexibility index (Phi) is 4.64. The number of rotatable bonds is 5. The van der Waals surface area contributed by atoms with E-state index in [1.54, 1.807) is 0 Å². The summed E-state index contributed by atoms with van der Waals surface area (Å²) in [5.41, 5.74) is -0.169. The van der Waals surface area contributed by atoms with Crippen molar-refractivity contribution < 1.29 is 4.79 Å². The lowest BCUT2D eigenvalue weighted by Crippen LogP contribution is -2.43. The molecule has 1 rings (SSSR count). The van der Waals surface area contributed by atoms with Crippen molar-refractivity contribution in [1.29, 1.82) is 0 Å². The van der Waals surface area contributed by atoms with E-state index in [4.69, 9.17) is 0 Å². The van der Waals surface area contributed by atoms with E-state index in [1.807, 2.05) is 27.7 Å². The number of carbonyl (C=O) groups is 1. The second-order valence-corrected chi connectivity index (χ2v) is 4.97. The standard InChI is InChI=1S/C13H21N3O2/c1-5-9-16-11(17)8-7-10(15-16)12(18)14-13(3,4)6-2/h7-8H,5-6,9H2,1-4H3,(H,14,18). The molecule has 1 aromatic rings. The Labute approximate surface area is 107 Å². The maximum Gasteiger partial charge on any atom is 0.272 e. The van der Waals surface area contributed by atoms with E-state index in [-0.39, 0.29) is 22.7 Å². The normalized spacial score (nSPS) is 11.3. The first kappa shape index (κ1) is 14.4. The van der Waals surface area contributed by atoms with E-state index in [9.17, 15) is 9.59 Å². The molecule has 0 fully saturated rings. The van der Waals surface area contributed by atoms with Crippen molar-refractivity contribution in [3.63, 3.8) is 0 Å². The highest BCUT2D eigenvalue weighted by atomic mass is 16.2. The number of nitrogens with zero attached hydrogens (tertiary/aromatic N) is 2. The maximum atomic E-state index is 12.0. The van der Waals surface area contributed by atoms with Crippen molar-refractivity contribution in [3.05, 3.63) is 28.2 Å². The average Bonchev–Trinajstić information content (AvgIpc) is 2.31. The summed E-state index contributed by atoms with van der Waals surface area (Å²) in [5, 5.41) is 6.97. The number of hydrogen-bond donors (Lipinski definition) is 1. The molecule has 0 aromatic carbocycles. The van der Waals surface area contributed by atoms with Gasteiger partial charge in [-0.1, -0.05) is 13.8 Å². The number of carbonyl (C=O) groups excluding carboxylic acids is 1. The van der Waals surface area contributed by atoms with Gasteiger partial charge in [0.2, 0.25) is 0 Å². The summed E-state index contributed by atoms with van der Waals surface area (Å²) in [4.78, 5) is 23.5. The quantitative estimate of drug-likeness (QED) is 0.864. The van der Waals surface area contributed by atoms with Crippen molar-refractivity contribution in [2.45, 2.75) is 52.6 Å². The third-order valence-electron chi connectivity index (χ3n) is 2.87. The summed E-state index contributed by atoms with van der Waals surface area (Å²) in [7, 11) is 0. The van der Waals surface area contributed by atoms with Crippen LogP contribution in [0.15, 0.2) is 16.9 Å². The smallest absolute Gasteiger partial charge is 0.272 e. The molecule has 5 nitrogen and oxygen atoms in total. The zero-order valence-corrected chi connectivity index (χ0v) is 11.5. The first-order chi connectivity index (χ1) is 8.39. The van der Waals surface area contributed by atoms with E-state index in [1.165, 1.54) is 16.8 Å². The molecule has 1 heterocycles. The number of amides is 1. The van der Waals surface area contributed by atoms with Crippen LogP contribution >= 0.6 is 0 Å². The van der Waals surface area contributed by atoms with Gasteiger partial charge in [0.15, 0.2) is 0 Å². The van der Waals surface area contributed by atoms with Gasteiger partial charge in [-0.3, -0.25) is 9.59 Å². The van der Waals surface area contributed by atoms with Crippen LogP contribution in [0.3, 0.4) is 0 Å². The van der Waals surface area contributed by atoms with Gasteiger partial charge in [0.1, 0.15) is 5.69 Å². The van der Waals surface area contributed by atoms with Gasteiger partial charge in [-0.2, -0.15) is 5.10 Å². The fourth-order valence-corrected chi connectivity index (χ4v) is 1.40. The molecule has 18 heavy (non-hydrogen) atoms. The molecule has 100 valence electrons. The molecule has 0 aliphatic heterocycles. The van der Waals surface area contributed by atoms with Crippen molar-refractivity contribution in [2.24, 2.45) is 0 Å². The van der Waals surface area contributed by atoms with Gasteiger partial charge >= 0.3 is 0 Å². The molecule has 0 saturated carbocycles. The van der Waals surface area contributed by atoms with Gasteiger partial charge in [-0.05, 0) is 32.8 Å². The van der Waals surface area contributed by atoms with Crippen molar-refractivity contribution in [3.8, 4) is 0 Å². The van der Waals surface area contributed by atoms with Gasteiger partial charge in [-0.15, -0.1) is 0 Å². The SMILES string of the molecule is CCCn1nc(C(=O)NC(C)(C)CC)ccc1=O. The van der Waals surface area contributed by atoms with Gasteiger partial charge < -0.3 is 5.32 Å². The lowest BCUT2D eigenvalue weighted by Gasteiger charge is -2.24. The highest BCUT2D eigenvalue weighted by Gasteiger charge is 2.20. The predicted molar refractivity (Wildman–Crippen MR) is 70.6 cm³/mol. The van der Waals surface area contributed by atoms with E-state index in [2.05, 4.69) is 10.4 Å². The topological polar surface area (TPSA) is 64.0 Å². The first-order valence-corrected chi connectivity index (χ1v) is 6.30. The zero-order chi connectivity index (χ0) is 13.8. The lowest BCUT2D eigenvalue weighted by atomic mass is 10.0. The van der Waals surface area contributed by atoms with Gasteiger partial charge in [0, 0.05) is 18.2 Å². The van der Waals surface area contributed by atoms with Crippen LogP contribution in [0, 0.1) is 0 Å². The molecule has 1 amide bonds. The molecule has 0 saturated heterocycles. The van der Waals surface area contributed by atoms with Gasteiger partial charge in [0.25, 0.3) is 11.5 Å². The highest BCUT2D eigenvalue weighted by Crippen LogP contribution is 2.07. The lowest BCUT2D eigenvalue weighted by molar-refractivity contribution is 0.0903. The Morgan fingerprint density at radius 2 is 2.06 bits per heavy atom. The number of aromatic nitrogens is 2. The number of nitrogens with one attached hydrogen (secondary N) is 1. The summed E-state index contributed by atoms with van der Waals surface area (Å²) in [6.45, 7) is 8.39. The predicted octanol–water partition coefficient (Wildman–Crippen LogP) is 1.57. The first-order valence-electron chi connectivity index (χ1n) is 6.30. The summed E-state index contributed by atoms with van der Waals surface area (Å²) in [6.07, 6.45) is 1.63. The summed E-state index contributed by atoms with van der Waals surface area (Å²) in [6, 6.07) is 2.85. The van der Waals surface area contributed by atoms with Crippen LogP contribution in [0.2, 0.25) is 0 Å². The largest absolute Gasteiger partial charge is 0.346 e. The van der Waals surface area contributed by atoms with Gasteiger partial charge in [-0.25, -0.2) is 4.68 Å². The van der Waals surface area contributed by atoms with E-state index < -0.39 is 0 Å². The summed E-state index contributed by atoms with van der Waals surface area (Å²) >= 11 is 0. The molecule has 0 bridgehead atoms. The monoisotopic (exact) mass is 251 g/mol. The van der Waals surface area contributed by atoms with Crippen LogP contribution in [0.5, 0.6) is 0 Å². The number of aryl methyl sites for hydroxylation is 1. The van der Waals surface area contributed by atoms with Crippen LogP contribution in [-0.4, -0.2) is 21.2 Å². The minimum absolute atomic E-state index is 0.178. The molecule has 1 aromatic heterocycles. The summed E-state index contributed by atoms with van der Waals surface area (Å²) in [5.74, 6) is -0.244. The zero-order valence-electron chi connectivity index (χ0n) is 11.5. The average molecular weight is 251 g/mol. The van der Waals surface area contributed by atoms with Crippen molar-refractivity contribution >= 4 is 5.91 Å². The van der Waals surface area contributed by atoms with Crippen LogP contribution in [0.25, 0.3) is 0 Å². The Morgan fingerprint density at radius 3 is 2.61 bits per heavy atom. The molecule has 0 radical (unpaired) electrons. The highest BCUT2D eigenvalue weighted by molar-refractivity contribution is 5.92. The maximum absolute atomic E-state index is 12.0. The Hall–Kier alpha value is -1.65. The van der Waals surface area contributed by atoms with Gasteiger partial charge in [0.05, 0.1) is 0 Å².